The molecule has 0 aliphatic heterocycles. The number of carbonyl (C=O) groups excluding carboxylic acids is 3. The largest absolute Gasteiger partial charge is 0.353 e. The van der Waals surface area contributed by atoms with Crippen molar-refractivity contribution >= 4 is 18.0 Å². The predicted octanol–water partition coefficient (Wildman–Crippen LogP) is 5.31. The van der Waals surface area contributed by atoms with Gasteiger partial charge in [-0.2, -0.15) is 5.26 Å². The Hall–Kier alpha value is -2.22. The van der Waals surface area contributed by atoms with E-state index in [0.29, 0.717) is 0 Å². The Morgan fingerprint density at radius 2 is 1.71 bits per heavy atom. The number of nitrogens with one attached hydrogen (secondary N) is 1. The fraction of sp³-hybridized carbons (Fsp3) is 0.733. The molecule has 0 heterocycles. The number of fused-ring (bicyclic) bond motifs is 7. The Morgan fingerprint density at radius 1 is 1.03 bits per heavy atom. The average molecular weight is 477 g/mol. The standard InChI is InChI=1S/C30H40N2O3/c1-18-20-7-8-28(5)23(27(20,4)14-19(16-31)25(18)35)13-22(34)24-21-15-26(2,3)9-11-30(21,32-17-33)12-10-29(24,28)6/h13-14,17-18,20-21,24H,7-12,15H2,1-6H3,(H,32,33)/t18-,20-,21?,24?,27-,28+,29+,30-/m0/s1. The van der Waals surface area contributed by atoms with Gasteiger partial charge in [-0.1, -0.05) is 53.2 Å². The molecule has 0 aromatic carbocycles. The molecule has 2 unspecified atom stereocenters. The molecular formula is C30H40N2O3. The lowest BCUT2D eigenvalue weighted by Crippen LogP contribution is -2.68. The second-order valence-corrected chi connectivity index (χ2v) is 13.8. The van der Waals surface area contributed by atoms with Gasteiger partial charge in [0.15, 0.2) is 11.6 Å². The molecule has 0 radical (unpaired) electrons. The summed E-state index contributed by atoms with van der Waals surface area (Å²) in [6.07, 6.45) is 11.2. The number of hydrogen-bond acceptors (Lipinski definition) is 4. The molecule has 3 saturated carbocycles. The third-order valence-electron chi connectivity index (χ3n) is 11.9. The fourth-order valence-electron chi connectivity index (χ4n) is 9.62. The van der Waals surface area contributed by atoms with E-state index < -0.39 is 5.41 Å². The third-order valence-corrected chi connectivity index (χ3v) is 11.9. The molecule has 5 heteroatoms. The molecule has 5 aliphatic carbocycles. The van der Waals surface area contributed by atoms with Gasteiger partial charge in [-0.3, -0.25) is 14.4 Å². The van der Waals surface area contributed by atoms with Crippen LogP contribution in [0.5, 0.6) is 0 Å². The number of nitriles is 1. The van der Waals surface area contributed by atoms with Crippen molar-refractivity contribution < 1.29 is 14.4 Å². The molecule has 0 aromatic heterocycles. The summed E-state index contributed by atoms with van der Waals surface area (Å²) in [7, 11) is 0. The molecule has 188 valence electrons. The van der Waals surface area contributed by atoms with Crippen LogP contribution in [0.3, 0.4) is 0 Å². The van der Waals surface area contributed by atoms with Gasteiger partial charge < -0.3 is 5.32 Å². The first-order valence-electron chi connectivity index (χ1n) is 13.4. The first-order chi connectivity index (χ1) is 16.3. The van der Waals surface area contributed by atoms with E-state index in [1.54, 1.807) is 0 Å². The van der Waals surface area contributed by atoms with Crippen molar-refractivity contribution in [1.29, 1.82) is 5.26 Å². The number of hydrogen-bond donors (Lipinski definition) is 1. The fourth-order valence-corrected chi connectivity index (χ4v) is 9.62. The highest BCUT2D eigenvalue weighted by Crippen LogP contribution is 2.72. The van der Waals surface area contributed by atoms with Gasteiger partial charge in [-0.05, 0) is 79.1 Å². The molecule has 0 saturated heterocycles. The molecule has 5 nitrogen and oxygen atoms in total. The van der Waals surface area contributed by atoms with Crippen LogP contribution in [0.1, 0.15) is 86.5 Å². The van der Waals surface area contributed by atoms with Crippen molar-refractivity contribution in [2.45, 2.75) is 92.0 Å². The number of nitrogens with zero attached hydrogens (tertiary/aromatic N) is 1. The van der Waals surface area contributed by atoms with Gasteiger partial charge in [0.25, 0.3) is 0 Å². The smallest absolute Gasteiger partial charge is 0.207 e. The zero-order valence-corrected chi connectivity index (χ0v) is 22.2. The number of ketones is 2. The van der Waals surface area contributed by atoms with Gasteiger partial charge in [-0.15, -0.1) is 0 Å². The van der Waals surface area contributed by atoms with Crippen LogP contribution < -0.4 is 5.32 Å². The molecule has 1 amide bonds. The van der Waals surface area contributed by atoms with Crippen molar-refractivity contribution in [3.63, 3.8) is 0 Å². The third kappa shape index (κ3) is 3.01. The summed E-state index contributed by atoms with van der Waals surface area (Å²) in [6, 6.07) is 2.15. The minimum absolute atomic E-state index is 0.0581. The summed E-state index contributed by atoms with van der Waals surface area (Å²) in [4.78, 5) is 38.8. The minimum Gasteiger partial charge on any atom is -0.353 e. The number of allylic oxidation sites excluding steroid dienone is 4. The summed E-state index contributed by atoms with van der Waals surface area (Å²) in [6.45, 7) is 13.4. The van der Waals surface area contributed by atoms with E-state index in [-0.39, 0.29) is 62.6 Å². The van der Waals surface area contributed by atoms with Crippen molar-refractivity contribution in [3.05, 3.63) is 23.3 Å². The summed E-state index contributed by atoms with van der Waals surface area (Å²) < 4.78 is 0. The van der Waals surface area contributed by atoms with E-state index >= 15 is 0 Å². The molecule has 0 aromatic rings. The molecule has 5 rings (SSSR count). The van der Waals surface area contributed by atoms with Gasteiger partial charge in [0.1, 0.15) is 6.07 Å². The number of rotatable bonds is 2. The first-order valence-corrected chi connectivity index (χ1v) is 13.4. The summed E-state index contributed by atoms with van der Waals surface area (Å²) in [5.41, 5.74) is 0.282. The quantitative estimate of drug-likeness (QED) is 0.547. The predicted molar refractivity (Wildman–Crippen MR) is 134 cm³/mol. The molecule has 1 N–H and O–H groups in total. The van der Waals surface area contributed by atoms with Crippen molar-refractivity contribution in [1.82, 2.24) is 5.32 Å². The monoisotopic (exact) mass is 476 g/mol. The van der Waals surface area contributed by atoms with Crippen LogP contribution in [0.4, 0.5) is 0 Å². The lowest BCUT2D eigenvalue weighted by molar-refractivity contribution is -0.160. The molecule has 5 aliphatic rings. The van der Waals surface area contributed by atoms with Crippen LogP contribution in [0, 0.1) is 56.7 Å². The van der Waals surface area contributed by atoms with Gasteiger partial charge in [-0.25, -0.2) is 0 Å². The lowest BCUT2D eigenvalue weighted by Gasteiger charge is -2.68. The lowest BCUT2D eigenvalue weighted by atomic mass is 9.36. The number of amides is 1. The van der Waals surface area contributed by atoms with Crippen LogP contribution in [-0.4, -0.2) is 23.5 Å². The Labute approximate surface area is 209 Å². The van der Waals surface area contributed by atoms with Crippen LogP contribution in [-0.2, 0) is 14.4 Å². The Balaban J connectivity index is 1.68. The van der Waals surface area contributed by atoms with Crippen LogP contribution in [0.2, 0.25) is 0 Å². The highest BCUT2D eigenvalue weighted by atomic mass is 16.1. The first kappa shape index (κ1) is 24.5. The van der Waals surface area contributed by atoms with Crippen LogP contribution in [0.25, 0.3) is 0 Å². The Kier molecular flexibility index (Phi) is 5.18. The summed E-state index contributed by atoms with van der Waals surface area (Å²) >= 11 is 0. The molecule has 8 atom stereocenters. The minimum atomic E-state index is -0.476. The van der Waals surface area contributed by atoms with E-state index in [1.807, 2.05) is 19.1 Å². The average Bonchev–Trinajstić information content (AvgIpc) is 2.79. The van der Waals surface area contributed by atoms with Crippen molar-refractivity contribution in [3.8, 4) is 6.07 Å². The van der Waals surface area contributed by atoms with Gasteiger partial charge in [0.2, 0.25) is 6.41 Å². The molecular weight excluding hydrogens is 436 g/mol. The number of Topliss-reactive ketones (excluding diaryl/α,β-unsaturated/α-hetero) is 1. The second kappa shape index (κ2) is 7.40. The zero-order valence-electron chi connectivity index (χ0n) is 22.2. The SMILES string of the molecule is C[C@@H]1C(=O)C(C#N)=C[C@]2(C)C3=CC(=O)C4C5CC(C)(C)CC[C@]5(NC=O)CC[C@@]4(C)[C@]3(C)CC[C@@H]12. The summed E-state index contributed by atoms with van der Waals surface area (Å²) in [5, 5.41) is 13.0. The normalized spacial score (nSPS) is 48.1. The maximum atomic E-state index is 14.2. The highest BCUT2D eigenvalue weighted by molar-refractivity contribution is 6.02. The zero-order chi connectivity index (χ0) is 25.6. The second-order valence-electron chi connectivity index (χ2n) is 13.8. The van der Waals surface area contributed by atoms with Crippen molar-refractivity contribution in [2.75, 3.05) is 0 Å². The molecule has 35 heavy (non-hydrogen) atoms. The van der Waals surface area contributed by atoms with Crippen molar-refractivity contribution in [2.24, 2.45) is 45.3 Å². The van der Waals surface area contributed by atoms with Gasteiger partial charge in [0, 0.05) is 22.8 Å². The summed E-state index contributed by atoms with van der Waals surface area (Å²) in [5.74, 6) is -0.0257. The highest BCUT2D eigenvalue weighted by Gasteiger charge is 2.69. The van der Waals surface area contributed by atoms with E-state index in [0.717, 1.165) is 56.9 Å². The topological polar surface area (TPSA) is 87.0 Å². The maximum Gasteiger partial charge on any atom is 0.207 e. The molecule has 0 spiro atoms. The van der Waals surface area contributed by atoms with Gasteiger partial charge >= 0.3 is 0 Å². The Morgan fingerprint density at radius 3 is 2.37 bits per heavy atom. The van der Waals surface area contributed by atoms with E-state index in [9.17, 15) is 19.6 Å². The van der Waals surface area contributed by atoms with Gasteiger partial charge in [0.05, 0.1) is 5.57 Å². The number of carbonyl (C=O) groups is 3. The molecule has 3 fully saturated rings. The molecule has 0 bridgehead atoms. The van der Waals surface area contributed by atoms with Crippen LogP contribution in [0.15, 0.2) is 23.3 Å². The van der Waals surface area contributed by atoms with E-state index in [2.05, 4.69) is 46.0 Å². The van der Waals surface area contributed by atoms with Crippen LogP contribution >= 0.6 is 0 Å². The Bertz CT molecular complexity index is 1110. The van der Waals surface area contributed by atoms with E-state index in [4.69, 9.17) is 0 Å². The maximum absolute atomic E-state index is 14.2. The van der Waals surface area contributed by atoms with E-state index in [1.165, 1.54) is 0 Å².